The first kappa shape index (κ1) is 24.3. The summed E-state index contributed by atoms with van der Waals surface area (Å²) in [5, 5.41) is 15.5. The zero-order valence-electron chi connectivity index (χ0n) is 19.5. The summed E-state index contributed by atoms with van der Waals surface area (Å²) in [5.74, 6) is 0.648. The van der Waals surface area contributed by atoms with Crippen LogP contribution in [-0.4, -0.2) is 64.7 Å². The molecular weight excluding hydrogens is 468 g/mol. The molecule has 0 saturated carbocycles. The third-order valence-electron chi connectivity index (χ3n) is 5.37. The molecule has 10 nitrogen and oxygen atoms in total. The summed E-state index contributed by atoms with van der Waals surface area (Å²) in [6, 6.07) is 18.9. The van der Waals surface area contributed by atoms with Crippen molar-refractivity contribution in [1.29, 1.82) is 0 Å². The van der Waals surface area contributed by atoms with Crippen molar-refractivity contribution >= 4 is 21.6 Å². The summed E-state index contributed by atoms with van der Waals surface area (Å²) in [7, 11) is -3.56. The van der Waals surface area contributed by atoms with Crippen LogP contribution in [0.25, 0.3) is 17.0 Å². The second-order valence-corrected chi connectivity index (χ2v) is 9.49. The molecule has 0 aliphatic carbocycles. The number of rotatable bonds is 10. The third-order valence-corrected chi connectivity index (χ3v) is 7.43. The number of sulfonamides is 1. The molecule has 2 heterocycles. The summed E-state index contributed by atoms with van der Waals surface area (Å²) in [6.45, 7) is 4.77. The maximum Gasteiger partial charge on any atom is 0.251 e. The number of carbonyl (C=O) groups excluding carboxylic acids is 1. The lowest BCUT2D eigenvalue weighted by molar-refractivity contribution is 0.0946. The normalized spacial score (nSPS) is 11.6. The number of aromatic nitrogens is 4. The van der Waals surface area contributed by atoms with Crippen molar-refractivity contribution in [2.75, 3.05) is 26.2 Å². The van der Waals surface area contributed by atoms with Crippen molar-refractivity contribution in [1.82, 2.24) is 29.4 Å². The first-order valence-electron chi connectivity index (χ1n) is 11.2. The maximum atomic E-state index is 12.6. The van der Waals surface area contributed by atoms with Gasteiger partial charge in [0.25, 0.3) is 5.91 Å². The molecule has 1 amide bonds. The molecule has 1 N–H and O–H groups in total. The smallest absolute Gasteiger partial charge is 0.251 e. The standard InChI is InChI=1S/C24H26N6O4S/c1-3-29(4-2)35(32,33)20-12-10-19(11-13-20)24(31)25-16-17-34-22-15-14-21-26-27-23(30(21)28-22)18-8-6-5-7-9-18/h5-15H,3-4,16-17H2,1-2H3,(H,25,31). The molecule has 4 aromatic rings. The van der Waals surface area contributed by atoms with Crippen molar-refractivity contribution in [2.24, 2.45) is 0 Å². The van der Waals surface area contributed by atoms with E-state index in [1.165, 1.54) is 28.6 Å². The molecule has 35 heavy (non-hydrogen) atoms. The number of ether oxygens (including phenoxy) is 1. The summed E-state index contributed by atoms with van der Waals surface area (Å²) >= 11 is 0. The Bertz CT molecular complexity index is 1400. The molecule has 0 atom stereocenters. The van der Waals surface area contributed by atoms with Crippen LogP contribution in [0.2, 0.25) is 0 Å². The molecule has 11 heteroatoms. The fraction of sp³-hybridized carbons (Fsp3) is 0.250. The van der Waals surface area contributed by atoms with E-state index in [-0.39, 0.29) is 24.0 Å². The first-order chi connectivity index (χ1) is 16.9. The van der Waals surface area contributed by atoms with Crippen molar-refractivity contribution in [3.63, 3.8) is 0 Å². The fourth-order valence-corrected chi connectivity index (χ4v) is 4.99. The number of fused-ring (bicyclic) bond motifs is 1. The molecule has 4 rings (SSSR count). The number of benzene rings is 2. The molecule has 0 aliphatic heterocycles. The van der Waals surface area contributed by atoms with E-state index >= 15 is 0 Å². The van der Waals surface area contributed by atoms with E-state index in [9.17, 15) is 13.2 Å². The fourth-order valence-electron chi connectivity index (χ4n) is 3.53. The van der Waals surface area contributed by atoms with Crippen LogP contribution >= 0.6 is 0 Å². The van der Waals surface area contributed by atoms with Crippen LogP contribution in [0, 0.1) is 0 Å². The zero-order chi connectivity index (χ0) is 24.8. The Morgan fingerprint density at radius 2 is 1.69 bits per heavy atom. The van der Waals surface area contributed by atoms with Crippen LogP contribution in [0.15, 0.2) is 71.6 Å². The average Bonchev–Trinajstić information content (AvgIpc) is 3.31. The molecule has 0 unspecified atom stereocenters. The lowest BCUT2D eigenvalue weighted by Gasteiger charge is -2.18. The molecule has 0 spiro atoms. The third kappa shape index (κ3) is 5.31. The zero-order valence-corrected chi connectivity index (χ0v) is 20.3. The molecule has 0 fully saturated rings. The largest absolute Gasteiger partial charge is 0.475 e. The highest BCUT2D eigenvalue weighted by Crippen LogP contribution is 2.19. The van der Waals surface area contributed by atoms with Gasteiger partial charge in [-0.25, -0.2) is 8.42 Å². The van der Waals surface area contributed by atoms with E-state index in [2.05, 4.69) is 20.6 Å². The second-order valence-electron chi connectivity index (χ2n) is 7.55. The van der Waals surface area contributed by atoms with E-state index in [0.29, 0.717) is 36.0 Å². The number of hydrogen-bond donors (Lipinski definition) is 1. The maximum absolute atomic E-state index is 12.6. The van der Waals surface area contributed by atoms with Crippen molar-refractivity contribution in [3.8, 4) is 17.3 Å². The van der Waals surface area contributed by atoms with Gasteiger partial charge < -0.3 is 10.1 Å². The molecule has 2 aromatic heterocycles. The second kappa shape index (κ2) is 10.6. The first-order valence-corrected chi connectivity index (χ1v) is 12.7. The number of nitrogens with zero attached hydrogens (tertiary/aromatic N) is 5. The van der Waals surface area contributed by atoms with Crippen LogP contribution in [0.1, 0.15) is 24.2 Å². The van der Waals surface area contributed by atoms with E-state index in [0.717, 1.165) is 5.56 Å². The van der Waals surface area contributed by atoms with Gasteiger partial charge in [0.2, 0.25) is 15.9 Å². The predicted octanol–water partition coefficient (Wildman–Crippen LogP) is 2.63. The van der Waals surface area contributed by atoms with Crippen molar-refractivity contribution in [3.05, 3.63) is 72.3 Å². The highest BCUT2D eigenvalue weighted by atomic mass is 32.2. The Hall–Kier alpha value is -3.83. The Labute approximate surface area is 203 Å². The van der Waals surface area contributed by atoms with Crippen molar-refractivity contribution in [2.45, 2.75) is 18.7 Å². The number of carbonyl (C=O) groups is 1. The number of nitrogens with one attached hydrogen (secondary N) is 1. The van der Waals surface area contributed by atoms with Gasteiger partial charge in [-0.15, -0.1) is 15.3 Å². The molecular formula is C24H26N6O4S. The van der Waals surface area contributed by atoms with Gasteiger partial charge in [0, 0.05) is 30.3 Å². The Balaban J connectivity index is 1.34. The van der Waals surface area contributed by atoms with Gasteiger partial charge in [-0.2, -0.15) is 8.82 Å². The SMILES string of the molecule is CCN(CC)S(=O)(=O)c1ccc(C(=O)NCCOc2ccc3nnc(-c4ccccc4)n3n2)cc1. The lowest BCUT2D eigenvalue weighted by Crippen LogP contribution is -2.31. The minimum Gasteiger partial charge on any atom is -0.475 e. The molecule has 0 radical (unpaired) electrons. The van der Waals surface area contributed by atoms with Crippen LogP contribution in [0.3, 0.4) is 0 Å². The molecule has 2 aromatic carbocycles. The minimum atomic E-state index is -3.56. The molecule has 182 valence electrons. The van der Waals surface area contributed by atoms with Crippen LogP contribution in [-0.2, 0) is 10.0 Å². The van der Waals surface area contributed by atoms with Crippen LogP contribution < -0.4 is 10.1 Å². The molecule has 0 saturated heterocycles. The van der Waals surface area contributed by atoms with Gasteiger partial charge in [0.1, 0.15) is 6.61 Å². The Kier molecular flexibility index (Phi) is 7.37. The van der Waals surface area contributed by atoms with Gasteiger partial charge >= 0.3 is 0 Å². The van der Waals surface area contributed by atoms with E-state index in [1.807, 2.05) is 30.3 Å². The van der Waals surface area contributed by atoms with Gasteiger partial charge in [-0.3, -0.25) is 4.79 Å². The van der Waals surface area contributed by atoms with Gasteiger partial charge in [-0.05, 0) is 30.3 Å². The van der Waals surface area contributed by atoms with E-state index < -0.39 is 10.0 Å². The summed E-state index contributed by atoms with van der Waals surface area (Å²) < 4.78 is 33.8. The average molecular weight is 495 g/mol. The molecule has 0 bridgehead atoms. The van der Waals surface area contributed by atoms with Gasteiger partial charge in [-0.1, -0.05) is 44.2 Å². The van der Waals surface area contributed by atoms with Crippen molar-refractivity contribution < 1.29 is 17.9 Å². The Morgan fingerprint density at radius 1 is 0.971 bits per heavy atom. The summed E-state index contributed by atoms with van der Waals surface area (Å²) in [4.78, 5) is 12.6. The monoisotopic (exact) mass is 494 g/mol. The number of amides is 1. The Morgan fingerprint density at radius 3 is 2.37 bits per heavy atom. The lowest BCUT2D eigenvalue weighted by atomic mass is 10.2. The quantitative estimate of drug-likeness (QED) is 0.337. The topological polar surface area (TPSA) is 119 Å². The summed E-state index contributed by atoms with van der Waals surface area (Å²) in [5.41, 5.74) is 1.84. The highest BCUT2D eigenvalue weighted by Gasteiger charge is 2.21. The summed E-state index contributed by atoms with van der Waals surface area (Å²) in [6.07, 6.45) is 0. The minimum absolute atomic E-state index is 0.159. The highest BCUT2D eigenvalue weighted by molar-refractivity contribution is 7.89. The number of hydrogen-bond acceptors (Lipinski definition) is 7. The predicted molar refractivity (Wildman–Crippen MR) is 131 cm³/mol. The van der Waals surface area contributed by atoms with Crippen LogP contribution in [0.5, 0.6) is 5.88 Å². The van der Waals surface area contributed by atoms with E-state index in [1.54, 1.807) is 30.5 Å². The molecule has 0 aliphatic rings. The van der Waals surface area contributed by atoms with Gasteiger partial charge in [0.15, 0.2) is 11.5 Å². The van der Waals surface area contributed by atoms with E-state index in [4.69, 9.17) is 4.74 Å². The van der Waals surface area contributed by atoms with Crippen LogP contribution in [0.4, 0.5) is 0 Å². The van der Waals surface area contributed by atoms with Gasteiger partial charge in [0.05, 0.1) is 11.4 Å².